The number of carbonyl (C=O) groups excluding carboxylic acids is 2. The number of carbonyl (C=O) groups is 2. The van der Waals surface area contributed by atoms with Crippen molar-refractivity contribution < 1.29 is 14.3 Å². The number of aryl methyl sites for hydroxylation is 1. The first-order valence-corrected chi connectivity index (χ1v) is 10.6. The van der Waals surface area contributed by atoms with Crippen molar-refractivity contribution in [2.45, 2.75) is 31.7 Å². The largest absolute Gasteiger partial charge is 0.447 e. The van der Waals surface area contributed by atoms with E-state index in [1.165, 1.54) is 5.56 Å². The highest BCUT2D eigenvalue weighted by Crippen LogP contribution is 2.40. The van der Waals surface area contributed by atoms with E-state index in [0.29, 0.717) is 22.9 Å². The van der Waals surface area contributed by atoms with Gasteiger partial charge in [0, 0.05) is 10.7 Å². The Kier molecular flexibility index (Phi) is 6.86. The van der Waals surface area contributed by atoms with Crippen molar-refractivity contribution in [3.63, 3.8) is 0 Å². The third-order valence-corrected chi connectivity index (χ3v) is 6.11. The normalized spacial score (nSPS) is 17.5. The Bertz CT molecular complexity index is 827. The van der Waals surface area contributed by atoms with Gasteiger partial charge in [0.1, 0.15) is 12.0 Å². The number of ether oxygens (including phenoxy) is 1. The van der Waals surface area contributed by atoms with E-state index < -0.39 is 6.09 Å². The van der Waals surface area contributed by atoms with E-state index in [0.717, 1.165) is 5.56 Å². The van der Waals surface area contributed by atoms with Crippen molar-refractivity contribution in [3.8, 4) is 0 Å². The lowest BCUT2D eigenvalue weighted by Gasteiger charge is -2.32. The second kappa shape index (κ2) is 9.34. The molecule has 2 atom stereocenters. The van der Waals surface area contributed by atoms with Gasteiger partial charge in [-0.15, -0.1) is 11.8 Å². The fraction of sp³-hybridized carbons (Fsp3) is 0.333. The summed E-state index contributed by atoms with van der Waals surface area (Å²) in [6, 6.07) is 14.8. The SMILES string of the molecule is CC[C@H](COC(=O)Nc1ccc(Cl)cc1)N1C(=O)CS[C@@H]1c1ccc(C)cc1. The minimum absolute atomic E-state index is 0.0547. The second-order valence-electron chi connectivity index (χ2n) is 6.67. The summed E-state index contributed by atoms with van der Waals surface area (Å²) in [5.74, 6) is 0.510. The van der Waals surface area contributed by atoms with Crippen LogP contribution in [-0.4, -0.2) is 35.3 Å². The van der Waals surface area contributed by atoms with Crippen LogP contribution in [0.1, 0.15) is 29.8 Å². The predicted octanol–water partition coefficient (Wildman–Crippen LogP) is 5.25. The van der Waals surface area contributed by atoms with Gasteiger partial charge in [0.25, 0.3) is 0 Å². The van der Waals surface area contributed by atoms with Gasteiger partial charge in [0.2, 0.25) is 5.91 Å². The Morgan fingerprint density at radius 1 is 1.25 bits per heavy atom. The van der Waals surface area contributed by atoms with Gasteiger partial charge in [-0.2, -0.15) is 0 Å². The summed E-state index contributed by atoms with van der Waals surface area (Å²) >= 11 is 7.45. The standard InChI is InChI=1S/C21H23ClN2O3S/c1-3-18(12-27-21(26)23-17-10-8-16(22)9-11-17)24-19(25)13-28-20(24)15-6-4-14(2)5-7-15/h4-11,18,20H,3,12-13H2,1-2H3,(H,23,26)/t18-,20-/m1/s1. The highest BCUT2D eigenvalue weighted by atomic mass is 35.5. The van der Waals surface area contributed by atoms with Crippen LogP contribution < -0.4 is 5.32 Å². The van der Waals surface area contributed by atoms with Gasteiger partial charge in [-0.3, -0.25) is 10.1 Å². The molecule has 1 fully saturated rings. The van der Waals surface area contributed by atoms with Crippen molar-refractivity contribution in [1.82, 2.24) is 4.90 Å². The maximum atomic E-state index is 12.5. The molecule has 3 rings (SSSR count). The van der Waals surface area contributed by atoms with Crippen LogP contribution in [0.25, 0.3) is 0 Å². The number of nitrogens with one attached hydrogen (secondary N) is 1. The maximum Gasteiger partial charge on any atom is 0.411 e. The molecule has 0 aromatic heterocycles. The van der Waals surface area contributed by atoms with Gasteiger partial charge in [-0.25, -0.2) is 4.79 Å². The number of halogens is 1. The summed E-state index contributed by atoms with van der Waals surface area (Å²) in [6.07, 6.45) is 0.148. The molecule has 0 spiro atoms. The van der Waals surface area contributed by atoms with E-state index in [-0.39, 0.29) is 23.9 Å². The molecule has 2 amide bonds. The van der Waals surface area contributed by atoms with E-state index in [1.807, 2.05) is 30.9 Å². The van der Waals surface area contributed by atoms with Crippen molar-refractivity contribution in [3.05, 3.63) is 64.7 Å². The summed E-state index contributed by atoms with van der Waals surface area (Å²) < 4.78 is 5.41. The van der Waals surface area contributed by atoms with E-state index in [9.17, 15) is 9.59 Å². The quantitative estimate of drug-likeness (QED) is 0.696. The van der Waals surface area contributed by atoms with Crippen LogP contribution >= 0.6 is 23.4 Å². The summed E-state index contributed by atoms with van der Waals surface area (Å²) in [6.45, 7) is 4.18. The molecule has 1 aliphatic rings. The zero-order valence-electron chi connectivity index (χ0n) is 15.9. The predicted molar refractivity (Wildman–Crippen MR) is 114 cm³/mol. The number of amides is 2. The molecule has 2 aromatic carbocycles. The molecule has 0 saturated carbocycles. The second-order valence-corrected chi connectivity index (χ2v) is 8.17. The minimum Gasteiger partial charge on any atom is -0.447 e. The number of nitrogens with zero attached hydrogens (tertiary/aromatic N) is 1. The molecule has 0 radical (unpaired) electrons. The summed E-state index contributed by atoms with van der Waals surface area (Å²) in [4.78, 5) is 26.5. The number of hydrogen-bond acceptors (Lipinski definition) is 4. The van der Waals surface area contributed by atoms with E-state index in [1.54, 1.807) is 36.0 Å². The number of hydrogen-bond donors (Lipinski definition) is 1. The Morgan fingerprint density at radius 3 is 2.57 bits per heavy atom. The van der Waals surface area contributed by atoms with Crippen molar-refractivity contribution in [2.24, 2.45) is 0 Å². The van der Waals surface area contributed by atoms with Crippen LogP contribution in [0.2, 0.25) is 5.02 Å². The average Bonchev–Trinajstić information content (AvgIpc) is 3.06. The first kappa shape index (κ1) is 20.6. The lowest BCUT2D eigenvalue weighted by molar-refractivity contribution is -0.131. The fourth-order valence-electron chi connectivity index (χ4n) is 3.07. The van der Waals surface area contributed by atoms with Crippen molar-refractivity contribution >= 4 is 41.1 Å². The van der Waals surface area contributed by atoms with Crippen molar-refractivity contribution in [2.75, 3.05) is 17.7 Å². The molecule has 0 bridgehead atoms. The van der Waals surface area contributed by atoms with Gasteiger partial charge < -0.3 is 9.64 Å². The molecular formula is C21H23ClN2O3S. The van der Waals surface area contributed by atoms with Gasteiger partial charge in [0.15, 0.2) is 0 Å². The molecule has 28 heavy (non-hydrogen) atoms. The first-order chi connectivity index (χ1) is 13.5. The van der Waals surface area contributed by atoms with Gasteiger partial charge in [-0.05, 0) is 43.2 Å². The number of anilines is 1. The fourth-order valence-corrected chi connectivity index (χ4v) is 4.45. The van der Waals surface area contributed by atoms with Gasteiger partial charge in [-0.1, -0.05) is 48.4 Å². The monoisotopic (exact) mass is 418 g/mol. The average molecular weight is 419 g/mol. The van der Waals surface area contributed by atoms with Crippen LogP contribution in [-0.2, 0) is 9.53 Å². The third-order valence-electron chi connectivity index (χ3n) is 4.63. The van der Waals surface area contributed by atoms with Gasteiger partial charge >= 0.3 is 6.09 Å². The molecular weight excluding hydrogens is 396 g/mol. The lowest BCUT2D eigenvalue weighted by atomic mass is 10.1. The third kappa shape index (κ3) is 5.00. The van der Waals surface area contributed by atoms with Crippen LogP contribution in [0.3, 0.4) is 0 Å². The van der Waals surface area contributed by atoms with Crippen molar-refractivity contribution in [1.29, 1.82) is 0 Å². The maximum absolute atomic E-state index is 12.5. The van der Waals surface area contributed by atoms with E-state index >= 15 is 0 Å². The zero-order chi connectivity index (χ0) is 20.1. The number of thioether (sulfide) groups is 1. The van der Waals surface area contributed by atoms with E-state index in [2.05, 4.69) is 17.4 Å². The van der Waals surface area contributed by atoms with Crippen LogP contribution in [0, 0.1) is 6.92 Å². The molecule has 0 unspecified atom stereocenters. The van der Waals surface area contributed by atoms with Crippen LogP contribution in [0.15, 0.2) is 48.5 Å². The smallest absolute Gasteiger partial charge is 0.411 e. The molecule has 1 saturated heterocycles. The highest BCUT2D eigenvalue weighted by Gasteiger charge is 2.37. The Balaban J connectivity index is 1.63. The molecule has 0 aliphatic carbocycles. The Morgan fingerprint density at radius 2 is 1.93 bits per heavy atom. The van der Waals surface area contributed by atoms with Gasteiger partial charge in [0.05, 0.1) is 11.8 Å². The number of rotatable bonds is 6. The lowest BCUT2D eigenvalue weighted by Crippen LogP contribution is -2.41. The topological polar surface area (TPSA) is 58.6 Å². The highest BCUT2D eigenvalue weighted by molar-refractivity contribution is 8.00. The minimum atomic E-state index is -0.549. The summed E-state index contributed by atoms with van der Waals surface area (Å²) in [5.41, 5.74) is 2.87. The van der Waals surface area contributed by atoms with Crippen LogP contribution in [0.4, 0.5) is 10.5 Å². The molecule has 148 valence electrons. The number of benzene rings is 2. The Hall–Kier alpha value is -2.18. The summed E-state index contributed by atoms with van der Waals surface area (Å²) in [7, 11) is 0. The molecule has 1 aliphatic heterocycles. The van der Waals surface area contributed by atoms with Crippen LogP contribution in [0.5, 0.6) is 0 Å². The molecule has 1 N–H and O–H groups in total. The molecule has 2 aromatic rings. The first-order valence-electron chi connectivity index (χ1n) is 9.16. The Labute approximate surface area is 174 Å². The molecule has 7 heteroatoms. The summed E-state index contributed by atoms with van der Waals surface area (Å²) in [5, 5.41) is 3.21. The zero-order valence-corrected chi connectivity index (χ0v) is 17.4. The van der Waals surface area contributed by atoms with E-state index in [4.69, 9.17) is 16.3 Å². The molecule has 5 nitrogen and oxygen atoms in total. The molecule has 1 heterocycles.